The molecule has 4 aromatic rings. The van der Waals surface area contributed by atoms with Gasteiger partial charge < -0.3 is 4.74 Å². The Morgan fingerprint density at radius 2 is 1.71 bits per heavy atom. The summed E-state index contributed by atoms with van der Waals surface area (Å²) in [4.78, 5) is 43.7. The molecule has 2 amide bonds. The molecule has 31 heavy (non-hydrogen) atoms. The van der Waals surface area contributed by atoms with E-state index in [9.17, 15) is 14.4 Å². The Hall–Kier alpha value is -3.55. The average Bonchev–Trinajstić information content (AvgIpc) is 3.31. The van der Waals surface area contributed by atoms with Crippen molar-refractivity contribution in [1.29, 1.82) is 0 Å². The lowest BCUT2D eigenvalue weighted by molar-refractivity contribution is 0.0472. The lowest BCUT2D eigenvalue weighted by Crippen LogP contribution is -2.29. The first kappa shape index (κ1) is 19.4. The van der Waals surface area contributed by atoms with Gasteiger partial charge in [0, 0.05) is 0 Å². The second kappa shape index (κ2) is 7.61. The first-order valence-corrected chi connectivity index (χ1v) is 10.5. The van der Waals surface area contributed by atoms with Crippen molar-refractivity contribution in [2.75, 3.05) is 4.90 Å². The van der Waals surface area contributed by atoms with Crippen LogP contribution < -0.4 is 4.90 Å². The molecule has 1 aliphatic rings. The van der Waals surface area contributed by atoms with Crippen molar-refractivity contribution in [2.24, 2.45) is 0 Å². The van der Waals surface area contributed by atoms with Crippen molar-refractivity contribution in [3.8, 4) is 0 Å². The fourth-order valence-corrected chi connectivity index (χ4v) is 4.51. The summed E-state index contributed by atoms with van der Waals surface area (Å²) in [6, 6.07) is 18.6. The minimum absolute atomic E-state index is 0.0217. The maximum absolute atomic E-state index is 12.9. The van der Waals surface area contributed by atoms with Crippen molar-refractivity contribution in [1.82, 2.24) is 4.98 Å². The monoisotopic (exact) mass is 448 g/mol. The first-order chi connectivity index (χ1) is 15.0. The number of halogens is 1. The van der Waals surface area contributed by atoms with Gasteiger partial charge in [0.15, 0.2) is 0 Å². The molecule has 0 unspecified atom stereocenters. The summed E-state index contributed by atoms with van der Waals surface area (Å²) in [6.07, 6.45) is 0. The van der Waals surface area contributed by atoms with Gasteiger partial charge in [-0.15, -0.1) is 11.3 Å². The fourth-order valence-electron chi connectivity index (χ4n) is 3.41. The number of amides is 2. The van der Waals surface area contributed by atoms with Crippen LogP contribution in [0.3, 0.4) is 0 Å². The van der Waals surface area contributed by atoms with Crippen LogP contribution in [0.4, 0.5) is 5.69 Å². The molecule has 0 saturated carbocycles. The number of fused-ring (bicyclic) bond motifs is 2. The number of carbonyl (C=O) groups excluding carboxylic acids is 3. The van der Waals surface area contributed by atoms with Crippen LogP contribution in [-0.2, 0) is 11.3 Å². The number of aromatic nitrogens is 1. The second-order valence-electron chi connectivity index (χ2n) is 6.81. The Labute approximate surface area is 185 Å². The van der Waals surface area contributed by atoms with E-state index in [4.69, 9.17) is 16.3 Å². The van der Waals surface area contributed by atoms with Crippen LogP contribution in [0.1, 0.15) is 36.1 Å². The minimum atomic E-state index is -0.599. The van der Waals surface area contributed by atoms with E-state index in [1.54, 1.807) is 24.3 Å². The Balaban J connectivity index is 1.37. The summed E-state index contributed by atoms with van der Waals surface area (Å²) in [5, 5.41) is 0.958. The van der Waals surface area contributed by atoms with Crippen LogP contribution in [-0.4, -0.2) is 22.8 Å². The van der Waals surface area contributed by atoms with Crippen LogP contribution in [0.25, 0.3) is 10.2 Å². The highest BCUT2D eigenvalue weighted by Gasteiger charge is 2.38. The number of nitrogens with zero attached hydrogens (tertiary/aromatic N) is 2. The maximum atomic E-state index is 12.9. The summed E-state index contributed by atoms with van der Waals surface area (Å²) >= 11 is 7.61. The van der Waals surface area contributed by atoms with Gasteiger partial charge in [-0.25, -0.2) is 14.7 Å². The summed E-state index contributed by atoms with van der Waals surface area (Å²) < 4.78 is 6.38. The van der Waals surface area contributed by atoms with E-state index in [1.165, 1.54) is 29.5 Å². The van der Waals surface area contributed by atoms with Crippen molar-refractivity contribution in [2.45, 2.75) is 6.61 Å². The number of carbonyl (C=O) groups is 3. The molecule has 0 aliphatic carbocycles. The summed E-state index contributed by atoms with van der Waals surface area (Å²) in [6.45, 7) is 0.0217. The average molecular weight is 449 g/mol. The van der Waals surface area contributed by atoms with Gasteiger partial charge >= 0.3 is 5.97 Å². The highest BCUT2D eigenvalue weighted by atomic mass is 35.5. The molecule has 0 fully saturated rings. The number of anilines is 1. The Kier molecular flexibility index (Phi) is 4.77. The first-order valence-electron chi connectivity index (χ1n) is 9.32. The highest BCUT2D eigenvalue weighted by molar-refractivity contribution is 7.18. The smallest absolute Gasteiger partial charge is 0.338 e. The molecule has 0 atom stereocenters. The normalized spacial score (nSPS) is 13.0. The van der Waals surface area contributed by atoms with Crippen LogP contribution >= 0.6 is 22.9 Å². The number of thiazole rings is 1. The third-order valence-corrected chi connectivity index (χ3v) is 6.21. The number of ether oxygens (including phenoxy) is 1. The number of para-hydroxylation sites is 2. The minimum Gasteiger partial charge on any atom is -0.455 e. The van der Waals surface area contributed by atoms with E-state index < -0.39 is 17.8 Å². The number of esters is 1. The molecule has 3 aromatic carbocycles. The molecule has 0 N–H and O–H groups in total. The molecular formula is C23H13ClN2O4S. The highest BCUT2D eigenvalue weighted by Crippen LogP contribution is 2.33. The third-order valence-electron chi connectivity index (χ3n) is 4.88. The Bertz CT molecular complexity index is 1350. The number of imide groups is 1. The molecule has 0 saturated heterocycles. The Morgan fingerprint density at radius 3 is 2.52 bits per heavy atom. The molecule has 0 spiro atoms. The predicted octanol–water partition coefficient (Wildman–Crippen LogP) is 5.11. The lowest BCUT2D eigenvalue weighted by Gasteiger charge is -2.15. The molecule has 0 radical (unpaired) electrons. The summed E-state index contributed by atoms with van der Waals surface area (Å²) in [5.41, 5.74) is 1.68. The second-order valence-corrected chi connectivity index (χ2v) is 8.33. The van der Waals surface area contributed by atoms with Gasteiger partial charge in [-0.1, -0.05) is 35.9 Å². The molecule has 0 bridgehead atoms. The van der Waals surface area contributed by atoms with Crippen molar-refractivity contribution in [3.63, 3.8) is 0 Å². The van der Waals surface area contributed by atoms with Gasteiger partial charge in [0.2, 0.25) is 0 Å². The molecule has 5 rings (SSSR count). The standard InChI is InChI=1S/C23H13ClN2O4S/c24-16-5-1-3-7-18(16)26-21(27)14-10-9-13(11-15(14)22(26)28)23(29)30-12-20-25-17-6-2-4-8-19(17)31-20/h1-11H,12H2. The summed E-state index contributed by atoms with van der Waals surface area (Å²) in [7, 11) is 0. The van der Waals surface area contributed by atoms with Gasteiger partial charge in [0.05, 0.1) is 37.6 Å². The number of hydrogen-bond acceptors (Lipinski definition) is 6. The quantitative estimate of drug-likeness (QED) is 0.320. The van der Waals surface area contributed by atoms with E-state index in [0.29, 0.717) is 10.7 Å². The van der Waals surface area contributed by atoms with Gasteiger partial charge in [-0.3, -0.25) is 9.59 Å². The van der Waals surface area contributed by atoms with Gasteiger partial charge in [-0.2, -0.15) is 0 Å². The molecule has 1 aromatic heterocycles. The topological polar surface area (TPSA) is 76.6 Å². The third kappa shape index (κ3) is 3.37. The van der Waals surface area contributed by atoms with E-state index >= 15 is 0 Å². The zero-order chi connectivity index (χ0) is 21.5. The molecule has 1 aliphatic heterocycles. The number of benzene rings is 3. The fraction of sp³-hybridized carbons (Fsp3) is 0.0435. The molecule has 2 heterocycles. The van der Waals surface area contributed by atoms with Crippen LogP contribution in [0, 0.1) is 0 Å². The van der Waals surface area contributed by atoms with Gasteiger partial charge in [0.1, 0.15) is 11.6 Å². The molecular weight excluding hydrogens is 436 g/mol. The van der Waals surface area contributed by atoms with Crippen LogP contribution in [0.2, 0.25) is 5.02 Å². The Morgan fingerprint density at radius 1 is 0.968 bits per heavy atom. The van der Waals surface area contributed by atoms with E-state index in [1.807, 2.05) is 24.3 Å². The molecule has 152 valence electrons. The van der Waals surface area contributed by atoms with Crippen LogP contribution in [0.5, 0.6) is 0 Å². The van der Waals surface area contributed by atoms with Crippen molar-refractivity contribution in [3.05, 3.63) is 93.5 Å². The molecule has 8 heteroatoms. The largest absolute Gasteiger partial charge is 0.455 e. The zero-order valence-electron chi connectivity index (χ0n) is 15.9. The van der Waals surface area contributed by atoms with Crippen molar-refractivity contribution < 1.29 is 19.1 Å². The lowest BCUT2D eigenvalue weighted by atomic mass is 10.1. The maximum Gasteiger partial charge on any atom is 0.338 e. The van der Waals surface area contributed by atoms with E-state index in [0.717, 1.165) is 15.1 Å². The predicted molar refractivity (Wildman–Crippen MR) is 118 cm³/mol. The van der Waals surface area contributed by atoms with Crippen LogP contribution in [0.15, 0.2) is 66.7 Å². The van der Waals surface area contributed by atoms with Gasteiger partial charge in [0.25, 0.3) is 11.8 Å². The SMILES string of the molecule is O=C(OCc1nc2ccccc2s1)c1ccc2c(c1)C(=O)N(c1ccccc1Cl)C2=O. The van der Waals surface area contributed by atoms with Gasteiger partial charge in [-0.05, 0) is 42.5 Å². The van der Waals surface area contributed by atoms with E-state index in [2.05, 4.69) is 4.98 Å². The number of hydrogen-bond donors (Lipinski definition) is 0. The van der Waals surface area contributed by atoms with E-state index in [-0.39, 0.29) is 28.3 Å². The zero-order valence-corrected chi connectivity index (χ0v) is 17.4. The number of rotatable bonds is 4. The summed E-state index contributed by atoms with van der Waals surface area (Å²) in [5.74, 6) is -1.62. The molecule has 6 nitrogen and oxygen atoms in total. The van der Waals surface area contributed by atoms with Crippen molar-refractivity contribution >= 4 is 56.6 Å².